The molecule has 0 amide bonds. The number of phenolic OH excluding ortho intramolecular Hbond substituents is 1. The fourth-order valence-electron chi connectivity index (χ4n) is 3.79. The molecule has 6 nitrogen and oxygen atoms in total. The van der Waals surface area contributed by atoms with Crippen LogP contribution in [-0.2, 0) is 0 Å². The van der Waals surface area contributed by atoms with E-state index in [0.717, 1.165) is 37.7 Å². The van der Waals surface area contributed by atoms with Gasteiger partial charge >= 0.3 is 0 Å². The van der Waals surface area contributed by atoms with Crippen molar-refractivity contribution in [3.8, 4) is 44.6 Å². The molecule has 2 N–H and O–H groups in total. The number of aromatic hydroxyl groups is 1. The van der Waals surface area contributed by atoms with Crippen LogP contribution in [0.5, 0.6) is 5.75 Å². The van der Waals surface area contributed by atoms with Gasteiger partial charge in [0.25, 0.3) is 0 Å². The quantitative estimate of drug-likeness (QED) is 0.308. The van der Waals surface area contributed by atoms with E-state index in [1.165, 1.54) is 0 Å². The maximum atomic E-state index is 9.96. The van der Waals surface area contributed by atoms with Gasteiger partial charge in [-0.15, -0.1) is 11.3 Å². The van der Waals surface area contributed by atoms with Gasteiger partial charge in [0.05, 0.1) is 16.1 Å². The van der Waals surface area contributed by atoms with Crippen molar-refractivity contribution in [1.29, 1.82) is 5.26 Å². The van der Waals surface area contributed by atoms with E-state index in [0.29, 0.717) is 17.2 Å². The van der Waals surface area contributed by atoms with Crippen LogP contribution >= 0.6 is 11.3 Å². The van der Waals surface area contributed by atoms with E-state index in [2.05, 4.69) is 27.4 Å². The average Bonchev–Trinajstić information content (AvgIpc) is 3.21. The Hall–Kier alpha value is -4.54. The van der Waals surface area contributed by atoms with Crippen LogP contribution in [0.4, 0.5) is 11.6 Å². The summed E-state index contributed by atoms with van der Waals surface area (Å²) in [6, 6.07) is 23.1. The molecule has 5 aromatic rings. The molecule has 0 fully saturated rings. The van der Waals surface area contributed by atoms with Crippen molar-refractivity contribution in [1.82, 2.24) is 15.0 Å². The molecule has 0 spiro atoms. The zero-order valence-corrected chi connectivity index (χ0v) is 19.0. The largest absolute Gasteiger partial charge is 0.508 e. The van der Waals surface area contributed by atoms with Crippen LogP contribution in [0.15, 0.2) is 85.3 Å². The number of nitrogens with one attached hydrogen (secondary N) is 1. The smallest absolute Gasteiger partial charge is 0.227 e. The summed E-state index contributed by atoms with van der Waals surface area (Å²) in [6.07, 6.45) is 5.22. The molecule has 3 heterocycles. The number of nitrogens with zero attached hydrogens (tertiary/aromatic N) is 4. The molecule has 0 bridgehead atoms. The molecular formula is C27H19N5OS. The number of rotatable bonds is 5. The van der Waals surface area contributed by atoms with E-state index in [-0.39, 0.29) is 5.75 Å². The minimum absolute atomic E-state index is 0.157. The Balaban J connectivity index is 1.60. The highest BCUT2D eigenvalue weighted by atomic mass is 32.1. The lowest BCUT2D eigenvalue weighted by atomic mass is 9.96. The third-order valence-electron chi connectivity index (χ3n) is 5.35. The first kappa shape index (κ1) is 21.3. The Kier molecular flexibility index (Phi) is 5.73. The third-order valence-corrected chi connectivity index (χ3v) is 6.48. The number of hydrogen-bond donors (Lipinski definition) is 2. The molecule has 0 saturated carbocycles. The van der Waals surface area contributed by atoms with Gasteiger partial charge in [0, 0.05) is 40.8 Å². The van der Waals surface area contributed by atoms with E-state index in [4.69, 9.17) is 4.98 Å². The minimum Gasteiger partial charge on any atom is -0.508 e. The summed E-state index contributed by atoms with van der Waals surface area (Å²) < 4.78 is 0. The lowest BCUT2D eigenvalue weighted by Gasteiger charge is -2.09. The molecule has 0 radical (unpaired) electrons. The van der Waals surface area contributed by atoms with Gasteiger partial charge in [-0.05, 0) is 60.0 Å². The Labute approximate surface area is 200 Å². The number of phenols is 1. The summed E-state index contributed by atoms with van der Waals surface area (Å²) in [5.74, 6) is 0.564. The molecule has 2 aromatic carbocycles. The summed E-state index contributed by atoms with van der Waals surface area (Å²) in [7, 11) is 0. The number of benzene rings is 2. The van der Waals surface area contributed by atoms with Crippen LogP contribution in [0.1, 0.15) is 10.4 Å². The van der Waals surface area contributed by atoms with E-state index < -0.39 is 0 Å². The molecule has 0 unspecified atom stereocenters. The van der Waals surface area contributed by atoms with Crippen LogP contribution in [-0.4, -0.2) is 20.1 Å². The van der Waals surface area contributed by atoms with Crippen molar-refractivity contribution in [3.05, 3.63) is 95.8 Å². The normalized spacial score (nSPS) is 10.6. The van der Waals surface area contributed by atoms with E-state index in [1.807, 2.05) is 49.4 Å². The van der Waals surface area contributed by atoms with Crippen LogP contribution in [0.2, 0.25) is 0 Å². The van der Waals surface area contributed by atoms with Crippen LogP contribution in [0.3, 0.4) is 0 Å². The van der Waals surface area contributed by atoms with Crippen molar-refractivity contribution in [3.63, 3.8) is 0 Å². The van der Waals surface area contributed by atoms with Gasteiger partial charge in [-0.3, -0.25) is 4.98 Å². The van der Waals surface area contributed by atoms with E-state index >= 15 is 0 Å². The minimum atomic E-state index is 0.157. The summed E-state index contributed by atoms with van der Waals surface area (Å²) in [5, 5.41) is 22.8. The van der Waals surface area contributed by atoms with Crippen molar-refractivity contribution >= 4 is 23.0 Å². The molecule has 0 aliphatic carbocycles. The predicted molar refractivity (Wildman–Crippen MR) is 135 cm³/mol. The summed E-state index contributed by atoms with van der Waals surface area (Å²) in [6.45, 7) is 1.95. The predicted octanol–water partition coefficient (Wildman–Crippen LogP) is 6.56. The van der Waals surface area contributed by atoms with Gasteiger partial charge in [-0.25, -0.2) is 9.97 Å². The fraction of sp³-hybridized carbons (Fsp3) is 0.0370. The van der Waals surface area contributed by atoms with Crippen molar-refractivity contribution in [2.24, 2.45) is 0 Å². The highest BCUT2D eigenvalue weighted by Crippen LogP contribution is 2.43. The number of thiophene rings is 1. The first-order valence-corrected chi connectivity index (χ1v) is 11.4. The van der Waals surface area contributed by atoms with Crippen molar-refractivity contribution < 1.29 is 5.11 Å². The maximum absolute atomic E-state index is 9.96. The third kappa shape index (κ3) is 4.22. The van der Waals surface area contributed by atoms with Gasteiger partial charge in [0.15, 0.2) is 0 Å². The molecule has 0 aliphatic rings. The highest BCUT2D eigenvalue weighted by Gasteiger charge is 2.20. The fourth-order valence-corrected chi connectivity index (χ4v) is 4.89. The van der Waals surface area contributed by atoms with Gasteiger partial charge in [-0.2, -0.15) is 5.26 Å². The summed E-state index contributed by atoms with van der Waals surface area (Å²) >= 11 is 1.54. The van der Waals surface area contributed by atoms with Crippen LogP contribution in [0, 0.1) is 18.3 Å². The SMILES string of the molecule is Cc1sc(-c2ccnc(Nc3cccc(O)c3)n2)c(-c2cccc(-c3ccncc3)c2)c1C#N. The first-order chi connectivity index (χ1) is 16.6. The lowest BCUT2D eigenvalue weighted by molar-refractivity contribution is 0.475. The van der Waals surface area contributed by atoms with Crippen LogP contribution < -0.4 is 5.32 Å². The Morgan fingerprint density at radius 2 is 1.71 bits per heavy atom. The van der Waals surface area contributed by atoms with Gasteiger partial charge in [-0.1, -0.05) is 24.3 Å². The van der Waals surface area contributed by atoms with Gasteiger partial charge in [0.1, 0.15) is 11.8 Å². The molecule has 3 aromatic heterocycles. The van der Waals surface area contributed by atoms with E-state index in [1.54, 1.807) is 48.1 Å². The maximum Gasteiger partial charge on any atom is 0.227 e. The number of aromatic nitrogens is 3. The number of pyridine rings is 1. The number of anilines is 2. The van der Waals surface area contributed by atoms with Gasteiger partial charge in [0.2, 0.25) is 5.95 Å². The molecule has 0 aliphatic heterocycles. The molecular weight excluding hydrogens is 442 g/mol. The van der Waals surface area contributed by atoms with Crippen molar-refractivity contribution in [2.75, 3.05) is 5.32 Å². The Bertz CT molecular complexity index is 1520. The molecule has 0 atom stereocenters. The number of hydrogen-bond acceptors (Lipinski definition) is 7. The first-order valence-electron chi connectivity index (χ1n) is 10.6. The zero-order chi connectivity index (χ0) is 23.5. The molecule has 0 saturated heterocycles. The van der Waals surface area contributed by atoms with Crippen LogP contribution in [0.25, 0.3) is 32.8 Å². The van der Waals surface area contributed by atoms with Gasteiger partial charge < -0.3 is 10.4 Å². The second kappa shape index (κ2) is 9.14. The summed E-state index contributed by atoms with van der Waals surface area (Å²) in [4.78, 5) is 15.0. The molecule has 7 heteroatoms. The Morgan fingerprint density at radius 1 is 0.912 bits per heavy atom. The number of nitriles is 1. The zero-order valence-electron chi connectivity index (χ0n) is 18.2. The molecule has 164 valence electrons. The number of aryl methyl sites for hydroxylation is 1. The monoisotopic (exact) mass is 461 g/mol. The molecule has 34 heavy (non-hydrogen) atoms. The second-order valence-electron chi connectivity index (χ2n) is 7.61. The molecule has 5 rings (SSSR count). The lowest BCUT2D eigenvalue weighted by Crippen LogP contribution is -1.97. The topological polar surface area (TPSA) is 94.7 Å². The standard InChI is InChI=1S/C27H19N5OS/c1-17-23(16-28)25(20-5-2-4-19(14-20)18-8-11-29-12-9-18)26(34-17)24-10-13-30-27(32-24)31-21-6-3-7-22(33)15-21/h2-15,33H,1H3,(H,30,31,32). The van der Waals surface area contributed by atoms with Crippen molar-refractivity contribution in [2.45, 2.75) is 6.92 Å². The summed E-state index contributed by atoms with van der Waals surface area (Å²) in [5.41, 5.74) is 5.97. The second-order valence-corrected chi connectivity index (χ2v) is 8.83. The Morgan fingerprint density at radius 3 is 2.50 bits per heavy atom. The highest BCUT2D eigenvalue weighted by molar-refractivity contribution is 7.16. The average molecular weight is 462 g/mol. The van der Waals surface area contributed by atoms with E-state index in [9.17, 15) is 10.4 Å².